The summed E-state index contributed by atoms with van der Waals surface area (Å²) in [5.74, 6) is 0.258. The van der Waals surface area contributed by atoms with Crippen LogP contribution in [0.1, 0.15) is 26.0 Å². The van der Waals surface area contributed by atoms with Gasteiger partial charge in [-0.2, -0.15) is 0 Å². The maximum absolute atomic E-state index is 12.5. The summed E-state index contributed by atoms with van der Waals surface area (Å²) in [6.45, 7) is 4.88. The minimum absolute atomic E-state index is 0.111. The molecule has 1 aliphatic rings. The van der Waals surface area contributed by atoms with Crippen LogP contribution in [0.3, 0.4) is 0 Å². The minimum atomic E-state index is -0.640. The molecule has 8 nitrogen and oxygen atoms in total. The van der Waals surface area contributed by atoms with Crippen LogP contribution in [0.25, 0.3) is 22.2 Å². The van der Waals surface area contributed by atoms with E-state index in [9.17, 15) is 9.59 Å². The van der Waals surface area contributed by atoms with Crippen LogP contribution in [-0.2, 0) is 19.9 Å². The number of aromatic nitrogens is 3. The number of anilines is 1. The number of ether oxygens (including phenoxy) is 2. The molecule has 1 saturated heterocycles. The van der Waals surface area contributed by atoms with Gasteiger partial charge in [-0.25, -0.2) is 4.98 Å². The van der Waals surface area contributed by atoms with Gasteiger partial charge < -0.3 is 24.8 Å². The zero-order valence-electron chi connectivity index (χ0n) is 15.8. The molecule has 3 N–H and O–H groups in total. The van der Waals surface area contributed by atoms with Gasteiger partial charge in [-0.15, -0.1) is 0 Å². The number of aromatic amines is 2. The first-order valence-corrected chi connectivity index (χ1v) is 9.22. The van der Waals surface area contributed by atoms with E-state index in [0.717, 1.165) is 16.5 Å². The van der Waals surface area contributed by atoms with Gasteiger partial charge >= 0.3 is 0 Å². The van der Waals surface area contributed by atoms with E-state index in [0.29, 0.717) is 43.4 Å². The summed E-state index contributed by atoms with van der Waals surface area (Å²) >= 11 is 0. The second-order valence-electron chi connectivity index (χ2n) is 6.87. The standard InChI is InChI=1S/C20H22N4O4/c1-3-28-20(4-5-27-11-20)18-7-13(26)6-16(24-18)15-9-21-17-10-22-19(8-14(15)17)23-12(2)25/h6-10,21H,3-5,11H2,1-2H3,(H,24,26)(H,22,23,25). The Morgan fingerprint density at radius 3 is 2.96 bits per heavy atom. The van der Waals surface area contributed by atoms with Crippen LogP contribution in [0.15, 0.2) is 35.4 Å². The molecule has 8 heteroatoms. The number of hydrogen-bond donors (Lipinski definition) is 3. The molecular weight excluding hydrogens is 360 g/mol. The number of carbonyl (C=O) groups excluding carboxylic acids is 1. The molecule has 1 aliphatic heterocycles. The number of hydrogen-bond acceptors (Lipinski definition) is 5. The number of pyridine rings is 2. The smallest absolute Gasteiger partial charge is 0.222 e. The highest BCUT2D eigenvalue weighted by molar-refractivity contribution is 5.97. The van der Waals surface area contributed by atoms with Crippen molar-refractivity contribution in [2.45, 2.75) is 25.9 Å². The molecule has 3 aromatic heterocycles. The molecular formula is C20H22N4O4. The largest absolute Gasteiger partial charge is 0.378 e. The highest BCUT2D eigenvalue weighted by Gasteiger charge is 2.39. The Morgan fingerprint density at radius 2 is 2.25 bits per heavy atom. The summed E-state index contributed by atoms with van der Waals surface area (Å²) < 4.78 is 11.6. The molecule has 146 valence electrons. The van der Waals surface area contributed by atoms with Gasteiger partial charge in [0.25, 0.3) is 0 Å². The summed E-state index contributed by atoms with van der Waals surface area (Å²) in [6.07, 6.45) is 4.15. The van der Waals surface area contributed by atoms with Crippen molar-refractivity contribution in [2.24, 2.45) is 0 Å². The molecule has 1 atom stereocenters. The van der Waals surface area contributed by atoms with Crippen LogP contribution in [0.2, 0.25) is 0 Å². The minimum Gasteiger partial charge on any atom is -0.378 e. The van der Waals surface area contributed by atoms with E-state index in [-0.39, 0.29) is 11.3 Å². The quantitative estimate of drug-likeness (QED) is 0.628. The van der Waals surface area contributed by atoms with Gasteiger partial charge in [0.05, 0.1) is 29.7 Å². The molecule has 0 spiro atoms. The average molecular weight is 382 g/mol. The number of nitrogens with zero attached hydrogens (tertiary/aromatic N) is 1. The predicted octanol–water partition coefficient (Wildman–Crippen LogP) is 2.53. The summed E-state index contributed by atoms with van der Waals surface area (Å²) in [6, 6.07) is 4.91. The molecule has 4 rings (SSSR count). The molecule has 1 unspecified atom stereocenters. The Kier molecular flexibility index (Phi) is 4.74. The second-order valence-corrected chi connectivity index (χ2v) is 6.87. The molecule has 4 heterocycles. The van der Waals surface area contributed by atoms with Gasteiger partial charge in [-0.3, -0.25) is 9.59 Å². The van der Waals surface area contributed by atoms with E-state index in [1.54, 1.807) is 24.4 Å². The highest BCUT2D eigenvalue weighted by atomic mass is 16.6. The Hall–Kier alpha value is -2.97. The lowest BCUT2D eigenvalue weighted by atomic mass is 9.97. The van der Waals surface area contributed by atoms with Crippen molar-refractivity contribution in [3.63, 3.8) is 0 Å². The van der Waals surface area contributed by atoms with Crippen molar-refractivity contribution in [1.29, 1.82) is 0 Å². The lowest BCUT2D eigenvalue weighted by Gasteiger charge is -2.27. The summed E-state index contributed by atoms with van der Waals surface area (Å²) in [5.41, 5.74) is 2.24. The normalized spacial score (nSPS) is 19.2. The van der Waals surface area contributed by atoms with Crippen molar-refractivity contribution in [2.75, 3.05) is 25.1 Å². The van der Waals surface area contributed by atoms with Gasteiger partial charge in [-0.1, -0.05) is 0 Å². The van der Waals surface area contributed by atoms with Crippen molar-refractivity contribution in [1.82, 2.24) is 15.0 Å². The number of rotatable bonds is 5. The van der Waals surface area contributed by atoms with Gasteiger partial charge in [-0.05, 0) is 13.0 Å². The monoisotopic (exact) mass is 382 g/mol. The Balaban J connectivity index is 1.82. The van der Waals surface area contributed by atoms with Crippen LogP contribution < -0.4 is 10.7 Å². The zero-order valence-corrected chi connectivity index (χ0v) is 15.8. The van der Waals surface area contributed by atoms with Crippen LogP contribution >= 0.6 is 0 Å². The third-order valence-corrected chi connectivity index (χ3v) is 4.90. The molecule has 0 radical (unpaired) electrons. The Labute approximate surface area is 161 Å². The molecule has 0 saturated carbocycles. The van der Waals surface area contributed by atoms with E-state index in [2.05, 4.69) is 20.3 Å². The number of amides is 1. The van der Waals surface area contributed by atoms with Gasteiger partial charge in [0, 0.05) is 55.8 Å². The number of carbonyl (C=O) groups is 1. The lowest BCUT2D eigenvalue weighted by molar-refractivity contribution is -0.114. The van der Waals surface area contributed by atoms with Crippen LogP contribution in [0.4, 0.5) is 5.82 Å². The fourth-order valence-corrected chi connectivity index (χ4v) is 3.65. The first-order chi connectivity index (χ1) is 13.5. The lowest BCUT2D eigenvalue weighted by Crippen LogP contribution is -2.32. The number of nitrogens with one attached hydrogen (secondary N) is 3. The van der Waals surface area contributed by atoms with E-state index < -0.39 is 5.60 Å². The molecule has 28 heavy (non-hydrogen) atoms. The van der Waals surface area contributed by atoms with E-state index >= 15 is 0 Å². The average Bonchev–Trinajstić information content (AvgIpc) is 3.28. The van der Waals surface area contributed by atoms with Crippen LogP contribution in [0, 0.1) is 0 Å². The third kappa shape index (κ3) is 3.32. The summed E-state index contributed by atoms with van der Waals surface area (Å²) in [7, 11) is 0. The first kappa shape index (κ1) is 18.4. The van der Waals surface area contributed by atoms with Crippen molar-refractivity contribution in [3.05, 3.63) is 46.5 Å². The fraction of sp³-hybridized carbons (Fsp3) is 0.350. The Morgan fingerprint density at radius 1 is 1.39 bits per heavy atom. The number of fused-ring (bicyclic) bond motifs is 1. The molecule has 0 aromatic carbocycles. The SMILES string of the molecule is CCOC1(c2cc(=O)cc(-c3c[nH]c4cnc(NC(C)=O)cc34)[nH]2)CCOC1. The zero-order chi connectivity index (χ0) is 19.7. The molecule has 0 bridgehead atoms. The van der Waals surface area contributed by atoms with Crippen molar-refractivity contribution < 1.29 is 14.3 Å². The maximum atomic E-state index is 12.5. The third-order valence-electron chi connectivity index (χ3n) is 4.90. The molecule has 1 amide bonds. The van der Waals surface area contributed by atoms with Crippen molar-refractivity contribution in [3.8, 4) is 11.3 Å². The predicted molar refractivity (Wildman–Crippen MR) is 105 cm³/mol. The fourth-order valence-electron chi connectivity index (χ4n) is 3.65. The van der Waals surface area contributed by atoms with Crippen LogP contribution in [0.5, 0.6) is 0 Å². The molecule has 0 aliphatic carbocycles. The van der Waals surface area contributed by atoms with Crippen LogP contribution in [-0.4, -0.2) is 40.7 Å². The van der Waals surface area contributed by atoms with E-state index in [1.165, 1.54) is 6.92 Å². The topological polar surface area (TPSA) is 109 Å². The Bertz CT molecular complexity index is 1080. The first-order valence-electron chi connectivity index (χ1n) is 9.22. The maximum Gasteiger partial charge on any atom is 0.222 e. The number of H-pyrrole nitrogens is 2. The van der Waals surface area contributed by atoms with Gasteiger partial charge in [0.15, 0.2) is 5.43 Å². The van der Waals surface area contributed by atoms with E-state index in [1.807, 2.05) is 13.1 Å². The summed E-state index contributed by atoms with van der Waals surface area (Å²) in [4.78, 5) is 34.6. The molecule has 3 aromatic rings. The van der Waals surface area contributed by atoms with Gasteiger partial charge in [0.1, 0.15) is 11.4 Å². The highest BCUT2D eigenvalue weighted by Crippen LogP contribution is 2.35. The van der Waals surface area contributed by atoms with Crippen molar-refractivity contribution >= 4 is 22.6 Å². The van der Waals surface area contributed by atoms with E-state index in [4.69, 9.17) is 9.47 Å². The molecule has 1 fully saturated rings. The van der Waals surface area contributed by atoms with Gasteiger partial charge in [0.2, 0.25) is 5.91 Å². The second kappa shape index (κ2) is 7.21. The summed E-state index contributed by atoms with van der Waals surface area (Å²) in [5, 5.41) is 3.53.